The first-order valence-corrected chi connectivity index (χ1v) is 7.23. The number of sulfonamides is 1. The van der Waals surface area contributed by atoms with Crippen molar-refractivity contribution >= 4 is 10.0 Å². The van der Waals surface area contributed by atoms with Gasteiger partial charge >= 0.3 is 0 Å². The first-order chi connectivity index (χ1) is 9.40. The van der Waals surface area contributed by atoms with E-state index in [1.165, 1.54) is 23.8 Å². The van der Waals surface area contributed by atoms with E-state index >= 15 is 0 Å². The van der Waals surface area contributed by atoms with Crippen LogP contribution < -0.4 is 9.88 Å². The molecule has 1 heterocycles. The summed E-state index contributed by atoms with van der Waals surface area (Å²) in [7, 11) is -2.66. The van der Waals surface area contributed by atoms with Crippen molar-refractivity contribution < 1.29 is 17.5 Å². The van der Waals surface area contributed by atoms with E-state index in [1.54, 1.807) is 13.0 Å². The summed E-state index contributed by atoms with van der Waals surface area (Å²) in [6, 6.07) is 4.25. The maximum atomic E-state index is 14.0. The lowest BCUT2D eigenvalue weighted by molar-refractivity contribution is 0.412. The van der Waals surface area contributed by atoms with E-state index in [9.17, 15) is 12.8 Å². The van der Waals surface area contributed by atoms with Gasteiger partial charge in [0.15, 0.2) is 5.82 Å². The quantitative estimate of drug-likeness (QED) is 0.898. The van der Waals surface area contributed by atoms with Gasteiger partial charge in [-0.1, -0.05) is 6.07 Å². The number of benzene rings is 1. The van der Waals surface area contributed by atoms with E-state index in [1.807, 2.05) is 0 Å². The molecule has 2 N–H and O–H groups in total. The largest absolute Gasteiger partial charge is 0.496 e. The van der Waals surface area contributed by atoms with Crippen molar-refractivity contribution in [1.82, 2.24) is 14.8 Å². The molecule has 2 rings (SSSR count). The molecule has 0 aliphatic carbocycles. The fourth-order valence-corrected chi connectivity index (χ4v) is 2.54. The highest BCUT2D eigenvalue weighted by molar-refractivity contribution is 7.89. The lowest BCUT2D eigenvalue weighted by atomic mass is 10.1. The standard InChI is InChI=1S/C11H13FN4O3S/c1-3-16-10(14-15-11(16)20(13,17)18)9-7(12)5-4-6-8(9)19-2/h4-6H,3H2,1-2H3,(H2,13,17,18). The van der Waals surface area contributed by atoms with Crippen LogP contribution in [0.15, 0.2) is 23.4 Å². The molecule has 2 aromatic rings. The van der Waals surface area contributed by atoms with Gasteiger partial charge in [0.25, 0.3) is 15.2 Å². The molecule has 20 heavy (non-hydrogen) atoms. The number of nitrogens with zero attached hydrogens (tertiary/aromatic N) is 3. The molecule has 1 aromatic heterocycles. The van der Waals surface area contributed by atoms with Crippen molar-refractivity contribution in [1.29, 1.82) is 0 Å². The molecule has 0 fully saturated rings. The van der Waals surface area contributed by atoms with Gasteiger partial charge in [-0.2, -0.15) is 0 Å². The summed E-state index contributed by atoms with van der Waals surface area (Å²) in [4.78, 5) is 0. The summed E-state index contributed by atoms with van der Waals surface area (Å²) < 4.78 is 43.1. The van der Waals surface area contributed by atoms with Crippen LogP contribution in [0.4, 0.5) is 4.39 Å². The van der Waals surface area contributed by atoms with Gasteiger partial charge in [-0.05, 0) is 19.1 Å². The highest BCUT2D eigenvalue weighted by Gasteiger charge is 2.24. The number of halogens is 1. The summed E-state index contributed by atoms with van der Waals surface area (Å²) in [5.74, 6) is -0.313. The number of aromatic nitrogens is 3. The Bertz CT molecular complexity index is 742. The Morgan fingerprint density at radius 1 is 1.40 bits per heavy atom. The van der Waals surface area contributed by atoms with Crippen LogP contribution in [0.25, 0.3) is 11.4 Å². The molecule has 0 aliphatic heterocycles. The predicted octanol–water partition coefficient (Wildman–Crippen LogP) is 0.760. The van der Waals surface area contributed by atoms with E-state index in [-0.39, 0.29) is 23.7 Å². The van der Waals surface area contributed by atoms with Gasteiger partial charge < -0.3 is 4.74 Å². The Kier molecular flexibility index (Phi) is 3.73. The van der Waals surface area contributed by atoms with E-state index in [4.69, 9.17) is 9.88 Å². The van der Waals surface area contributed by atoms with Gasteiger partial charge in [0, 0.05) is 6.54 Å². The van der Waals surface area contributed by atoms with Gasteiger partial charge in [0.05, 0.1) is 12.7 Å². The molecule has 0 saturated heterocycles. The van der Waals surface area contributed by atoms with Crippen LogP contribution in [0.3, 0.4) is 0 Å². The molecule has 0 atom stereocenters. The summed E-state index contributed by atoms with van der Waals surface area (Å²) in [5.41, 5.74) is 0.0410. The number of nitrogens with two attached hydrogens (primary N) is 1. The third kappa shape index (κ3) is 2.37. The highest BCUT2D eigenvalue weighted by Crippen LogP contribution is 2.32. The van der Waals surface area contributed by atoms with Crippen LogP contribution in [0.5, 0.6) is 5.75 Å². The second-order valence-corrected chi connectivity index (χ2v) is 5.37. The van der Waals surface area contributed by atoms with Gasteiger partial charge in [-0.15, -0.1) is 10.2 Å². The average molecular weight is 300 g/mol. The summed E-state index contributed by atoms with van der Waals surface area (Å²) in [6.45, 7) is 1.89. The summed E-state index contributed by atoms with van der Waals surface area (Å²) >= 11 is 0. The Morgan fingerprint density at radius 3 is 2.65 bits per heavy atom. The van der Waals surface area contributed by atoms with Crippen LogP contribution >= 0.6 is 0 Å². The second-order valence-electron chi connectivity index (χ2n) is 3.91. The van der Waals surface area contributed by atoms with Crippen LogP contribution in [-0.2, 0) is 16.6 Å². The topological polar surface area (TPSA) is 100 Å². The Morgan fingerprint density at radius 2 is 2.10 bits per heavy atom. The average Bonchev–Trinajstić information content (AvgIpc) is 2.81. The first-order valence-electron chi connectivity index (χ1n) is 5.69. The molecule has 0 saturated carbocycles. The fourth-order valence-electron chi connectivity index (χ4n) is 1.86. The molecule has 0 radical (unpaired) electrons. The third-order valence-corrected chi connectivity index (χ3v) is 3.52. The zero-order chi connectivity index (χ0) is 14.9. The SMILES string of the molecule is CCn1c(-c2c(F)cccc2OC)nnc1S(N)(=O)=O. The monoisotopic (exact) mass is 300 g/mol. The number of primary sulfonamides is 1. The molecule has 1 aromatic carbocycles. The molecule has 7 nitrogen and oxygen atoms in total. The number of hydrogen-bond acceptors (Lipinski definition) is 5. The Labute approximate surface area is 115 Å². The van der Waals surface area contributed by atoms with Crippen molar-refractivity contribution in [2.45, 2.75) is 18.6 Å². The lowest BCUT2D eigenvalue weighted by Crippen LogP contribution is -2.18. The second kappa shape index (κ2) is 5.17. The van der Waals surface area contributed by atoms with E-state index in [0.717, 1.165) is 0 Å². The van der Waals surface area contributed by atoms with Crippen LogP contribution in [-0.4, -0.2) is 30.3 Å². The van der Waals surface area contributed by atoms with Crippen molar-refractivity contribution in [2.24, 2.45) is 5.14 Å². The molecule has 0 amide bonds. The summed E-state index contributed by atoms with van der Waals surface area (Å²) in [5, 5.41) is 11.9. The molecule has 9 heteroatoms. The number of ether oxygens (including phenoxy) is 1. The number of hydrogen-bond donors (Lipinski definition) is 1. The third-order valence-electron chi connectivity index (χ3n) is 2.71. The normalized spacial score (nSPS) is 11.6. The molecule has 108 valence electrons. The van der Waals surface area contributed by atoms with Crippen molar-refractivity contribution in [3.8, 4) is 17.1 Å². The van der Waals surface area contributed by atoms with Gasteiger partial charge in [-0.25, -0.2) is 17.9 Å². The van der Waals surface area contributed by atoms with Crippen LogP contribution in [0, 0.1) is 5.82 Å². The fraction of sp³-hybridized carbons (Fsp3) is 0.273. The van der Waals surface area contributed by atoms with Crippen molar-refractivity contribution in [3.05, 3.63) is 24.0 Å². The maximum absolute atomic E-state index is 14.0. The van der Waals surface area contributed by atoms with Crippen LogP contribution in [0.2, 0.25) is 0 Å². The highest BCUT2D eigenvalue weighted by atomic mass is 32.2. The van der Waals surface area contributed by atoms with Crippen LogP contribution in [0.1, 0.15) is 6.92 Å². The zero-order valence-corrected chi connectivity index (χ0v) is 11.7. The maximum Gasteiger partial charge on any atom is 0.273 e. The zero-order valence-electron chi connectivity index (χ0n) is 10.9. The minimum atomic E-state index is -4.04. The van der Waals surface area contributed by atoms with Gasteiger partial charge in [0.2, 0.25) is 0 Å². The number of rotatable bonds is 4. The van der Waals surface area contributed by atoms with E-state index < -0.39 is 21.0 Å². The van der Waals surface area contributed by atoms with E-state index in [0.29, 0.717) is 0 Å². The van der Waals surface area contributed by atoms with Crippen molar-refractivity contribution in [2.75, 3.05) is 7.11 Å². The molecular weight excluding hydrogens is 287 g/mol. The molecule has 0 bridgehead atoms. The Hall–Kier alpha value is -2.00. The molecule has 0 unspecified atom stereocenters. The van der Waals surface area contributed by atoms with E-state index in [2.05, 4.69) is 10.2 Å². The number of methoxy groups -OCH3 is 1. The van der Waals surface area contributed by atoms with Gasteiger partial charge in [-0.3, -0.25) is 4.57 Å². The predicted molar refractivity (Wildman–Crippen MR) is 69.0 cm³/mol. The van der Waals surface area contributed by atoms with Crippen molar-refractivity contribution in [3.63, 3.8) is 0 Å². The Balaban J connectivity index is 2.75. The van der Waals surface area contributed by atoms with Gasteiger partial charge in [0.1, 0.15) is 11.6 Å². The lowest BCUT2D eigenvalue weighted by Gasteiger charge is -2.10. The summed E-state index contributed by atoms with van der Waals surface area (Å²) in [6.07, 6.45) is 0. The molecular formula is C11H13FN4O3S. The molecule has 0 aliphatic rings. The smallest absolute Gasteiger partial charge is 0.273 e. The minimum absolute atomic E-state index is 0.0410. The first kappa shape index (κ1) is 14.4. The molecule has 0 spiro atoms. The minimum Gasteiger partial charge on any atom is -0.496 e.